The van der Waals surface area contributed by atoms with Crippen molar-refractivity contribution in [2.24, 2.45) is 15.9 Å². The van der Waals surface area contributed by atoms with E-state index >= 15 is 0 Å². The smallest absolute Gasteiger partial charge is 0.0716 e. The lowest BCUT2D eigenvalue weighted by atomic mass is 9.74. The highest BCUT2D eigenvalue weighted by atomic mass is 79.9. The number of nitrogens with zero attached hydrogens (tertiary/aromatic N) is 2. The standard InChI is InChI=1S/C39H32BrN2/c40-20-8-12-27-22-26-11-4-5-13-29(26)31-18-19-33-32(38(27)31)17-16-28(21-25-9-2-1-3-10-25)39(33)37-23-36-34(24-41-37)30-14-6-7-15-35(30)42-36/h1-5,7,9-11,13-15,18-19,22-23,27-28H,8,12,16-17,20-21,24H2. The lowest BCUT2D eigenvalue weighted by Gasteiger charge is -2.31. The summed E-state index contributed by atoms with van der Waals surface area (Å²) in [5, 5.41) is 8.82. The Morgan fingerprint density at radius 3 is 2.64 bits per heavy atom. The highest BCUT2D eigenvalue weighted by molar-refractivity contribution is 9.09. The SMILES string of the molecule is BrCCCC1C=c2ccccc2=c2ccc3c(c21)CCC(Cc1ccccc1)C=3C1=NCC2=c3c[c]ccc3=NC2=C1. The third kappa shape index (κ3) is 4.37. The third-order valence-corrected chi connectivity index (χ3v) is 10.0. The first kappa shape index (κ1) is 25.9. The number of benzene rings is 4. The molecule has 4 aromatic rings. The molecule has 42 heavy (non-hydrogen) atoms. The van der Waals surface area contributed by atoms with E-state index in [-0.39, 0.29) is 0 Å². The number of aliphatic imine (C=N–C) groups is 1. The van der Waals surface area contributed by atoms with Crippen LogP contribution < -0.4 is 21.0 Å². The first-order chi connectivity index (χ1) is 20.8. The van der Waals surface area contributed by atoms with Crippen molar-refractivity contribution in [2.45, 2.75) is 38.0 Å². The van der Waals surface area contributed by atoms with Gasteiger partial charge in [-0.15, -0.1) is 0 Å². The Labute approximate surface area is 254 Å². The Kier molecular flexibility index (Phi) is 6.64. The molecule has 2 aliphatic carbocycles. The summed E-state index contributed by atoms with van der Waals surface area (Å²) in [6.45, 7) is 0.673. The molecular formula is C39H32BrN2. The summed E-state index contributed by atoms with van der Waals surface area (Å²) in [4.78, 5) is 10.3. The number of hydrogen-bond donors (Lipinski definition) is 0. The molecule has 0 aromatic heterocycles. The van der Waals surface area contributed by atoms with Crippen molar-refractivity contribution in [3.8, 4) is 0 Å². The minimum absolute atomic E-state index is 0.410. The maximum absolute atomic E-state index is 5.28. The Hall–Kier alpha value is -3.82. The van der Waals surface area contributed by atoms with Gasteiger partial charge in [-0.25, -0.2) is 4.99 Å². The second kappa shape index (κ2) is 10.8. The zero-order chi connectivity index (χ0) is 28.0. The fourth-order valence-electron chi connectivity index (χ4n) is 7.57. The molecule has 0 fully saturated rings. The van der Waals surface area contributed by atoms with Crippen LogP contribution in [0.3, 0.4) is 0 Å². The molecule has 2 heterocycles. The molecule has 4 aromatic carbocycles. The summed E-state index contributed by atoms with van der Waals surface area (Å²) in [6, 6.07) is 34.1. The highest BCUT2D eigenvalue weighted by Crippen LogP contribution is 2.36. The van der Waals surface area contributed by atoms with E-state index in [0.717, 1.165) is 54.2 Å². The lowest BCUT2D eigenvalue weighted by molar-refractivity contribution is 0.586. The predicted octanol–water partition coefficient (Wildman–Crippen LogP) is 5.60. The van der Waals surface area contributed by atoms with E-state index in [0.29, 0.717) is 18.4 Å². The van der Waals surface area contributed by atoms with Crippen LogP contribution in [0.4, 0.5) is 0 Å². The molecule has 1 radical (unpaired) electrons. The Morgan fingerprint density at radius 1 is 0.881 bits per heavy atom. The molecule has 0 bridgehead atoms. The van der Waals surface area contributed by atoms with Gasteiger partial charge in [-0.2, -0.15) is 0 Å². The lowest BCUT2D eigenvalue weighted by Crippen LogP contribution is -2.32. The quantitative estimate of drug-likeness (QED) is 0.255. The number of allylic oxidation sites excluding steroid dienone is 1. The van der Waals surface area contributed by atoms with E-state index in [1.807, 2.05) is 6.07 Å². The van der Waals surface area contributed by atoms with Crippen LogP contribution in [0.1, 0.15) is 41.9 Å². The van der Waals surface area contributed by atoms with Gasteiger partial charge >= 0.3 is 0 Å². The van der Waals surface area contributed by atoms with Crippen molar-refractivity contribution in [3.05, 3.63) is 151 Å². The number of rotatable bonds is 6. The van der Waals surface area contributed by atoms with Crippen molar-refractivity contribution in [2.75, 3.05) is 11.9 Å². The predicted molar refractivity (Wildman–Crippen MR) is 175 cm³/mol. The molecule has 205 valence electrons. The number of fused-ring (bicyclic) bond motifs is 6. The molecule has 0 saturated heterocycles. The number of halogens is 1. The average Bonchev–Trinajstić information content (AvgIpc) is 3.41. The zero-order valence-corrected chi connectivity index (χ0v) is 25.2. The second-order valence-electron chi connectivity index (χ2n) is 11.8. The van der Waals surface area contributed by atoms with E-state index in [1.54, 1.807) is 5.56 Å². The van der Waals surface area contributed by atoms with Crippen LogP contribution >= 0.6 is 15.9 Å². The van der Waals surface area contributed by atoms with Gasteiger partial charge in [-0.3, -0.25) is 4.99 Å². The summed E-state index contributed by atoms with van der Waals surface area (Å²) >= 11 is 3.70. The van der Waals surface area contributed by atoms with Gasteiger partial charge in [0.25, 0.3) is 0 Å². The second-order valence-corrected chi connectivity index (χ2v) is 12.6. The molecule has 2 atom stereocenters. The van der Waals surface area contributed by atoms with Gasteiger partial charge in [0, 0.05) is 22.0 Å². The van der Waals surface area contributed by atoms with Gasteiger partial charge in [0.1, 0.15) is 0 Å². The van der Waals surface area contributed by atoms with Crippen LogP contribution in [-0.4, -0.2) is 17.6 Å². The molecule has 2 nitrogen and oxygen atoms in total. The molecular weight excluding hydrogens is 576 g/mol. The summed E-state index contributed by atoms with van der Waals surface area (Å²) in [5.74, 6) is 0.838. The molecule has 2 aliphatic heterocycles. The number of dihydropyridines is 1. The van der Waals surface area contributed by atoms with Crippen molar-refractivity contribution in [1.82, 2.24) is 0 Å². The highest BCUT2D eigenvalue weighted by Gasteiger charge is 2.30. The normalized spacial score (nSPS) is 19.7. The monoisotopic (exact) mass is 607 g/mol. The van der Waals surface area contributed by atoms with Gasteiger partial charge in [-0.05, 0) is 105 Å². The van der Waals surface area contributed by atoms with Crippen LogP contribution in [0.15, 0.2) is 107 Å². The van der Waals surface area contributed by atoms with Crippen LogP contribution in [0.2, 0.25) is 0 Å². The Morgan fingerprint density at radius 2 is 1.74 bits per heavy atom. The summed E-state index contributed by atoms with van der Waals surface area (Å²) in [6.07, 6.45) is 10.4. The summed E-state index contributed by atoms with van der Waals surface area (Å²) in [7, 11) is 0. The molecule has 0 N–H and O–H groups in total. The fraction of sp³-hybridized carbons (Fsp3) is 0.231. The maximum Gasteiger partial charge on any atom is 0.0716 e. The van der Waals surface area contributed by atoms with E-state index in [9.17, 15) is 0 Å². The van der Waals surface area contributed by atoms with Crippen molar-refractivity contribution in [1.29, 1.82) is 0 Å². The van der Waals surface area contributed by atoms with Gasteiger partial charge < -0.3 is 0 Å². The molecule has 3 heteroatoms. The van der Waals surface area contributed by atoms with Gasteiger partial charge in [0.15, 0.2) is 0 Å². The van der Waals surface area contributed by atoms with Gasteiger partial charge in [0.05, 0.1) is 23.3 Å². The zero-order valence-electron chi connectivity index (χ0n) is 23.6. The summed E-state index contributed by atoms with van der Waals surface area (Å²) in [5.41, 5.74) is 9.31. The number of hydrogen-bond acceptors (Lipinski definition) is 2. The average molecular weight is 609 g/mol. The summed E-state index contributed by atoms with van der Waals surface area (Å²) < 4.78 is 0. The van der Waals surface area contributed by atoms with Crippen LogP contribution in [0.5, 0.6) is 0 Å². The van der Waals surface area contributed by atoms with Gasteiger partial charge in [0.2, 0.25) is 0 Å². The van der Waals surface area contributed by atoms with Crippen molar-refractivity contribution < 1.29 is 0 Å². The van der Waals surface area contributed by atoms with E-state index in [1.165, 1.54) is 48.4 Å². The molecule has 0 spiro atoms. The van der Waals surface area contributed by atoms with Crippen molar-refractivity contribution >= 4 is 38.9 Å². The Balaban J connectivity index is 1.37. The third-order valence-electron chi connectivity index (χ3n) is 9.45. The van der Waals surface area contributed by atoms with E-state index in [4.69, 9.17) is 9.98 Å². The molecule has 0 amide bonds. The first-order valence-electron chi connectivity index (χ1n) is 15.2. The molecule has 8 rings (SSSR count). The number of alkyl halides is 1. The van der Waals surface area contributed by atoms with E-state index < -0.39 is 0 Å². The Bertz CT molecular complexity index is 2140. The minimum atomic E-state index is 0.410. The van der Waals surface area contributed by atoms with Crippen LogP contribution in [0.25, 0.3) is 17.2 Å². The topological polar surface area (TPSA) is 24.7 Å². The minimum Gasteiger partial charge on any atom is -0.280 e. The largest absolute Gasteiger partial charge is 0.280 e. The molecule has 0 saturated carbocycles. The fourth-order valence-corrected chi connectivity index (χ4v) is 7.90. The first-order valence-corrected chi connectivity index (χ1v) is 16.3. The van der Waals surface area contributed by atoms with Gasteiger partial charge in [-0.1, -0.05) is 94.8 Å². The van der Waals surface area contributed by atoms with Crippen LogP contribution in [-0.2, 0) is 12.8 Å². The molecule has 4 aliphatic rings. The van der Waals surface area contributed by atoms with Crippen molar-refractivity contribution in [3.63, 3.8) is 0 Å². The maximum atomic E-state index is 5.28. The van der Waals surface area contributed by atoms with E-state index in [2.05, 4.69) is 113 Å². The van der Waals surface area contributed by atoms with Crippen LogP contribution in [0, 0.1) is 22.4 Å². The molecule has 2 unspecified atom stereocenters.